The van der Waals surface area contributed by atoms with E-state index in [1.807, 2.05) is 48.5 Å². The van der Waals surface area contributed by atoms with Gasteiger partial charge < -0.3 is 0 Å². The molecule has 0 fully saturated rings. The second kappa shape index (κ2) is 6.29. The van der Waals surface area contributed by atoms with Gasteiger partial charge in [0.05, 0.1) is 0 Å². The third-order valence-corrected chi connectivity index (χ3v) is 3.92. The molecule has 2 N–H and O–H groups in total. The molecule has 0 aliphatic carbocycles. The fourth-order valence-electron chi connectivity index (χ4n) is 1.75. The highest BCUT2D eigenvalue weighted by Gasteiger charge is 2.03. The Morgan fingerprint density at radius 1 is 0.905 bits per heavy atom. The van der Waals surface area contributed by atoms with Gasteiger partial charge in [0, 0.05) is 20.2 Å². The van der Waals surface area contributed by atoms with Crippen LogP contribution in [0.2, 0.25) is 0 Å². The van der Waals surface area contributed by atoms with Crippen LogP contribution in [0.4, 0.5) is 0 Å². The predicted octanol–water partition coefficient (Wildman–Crippen LogP) is 2.69. The normalized spacial score (nSPS) is 11.1. The molecule has 0 radical (unpaired) electrons. The highest BCUT2D eigenvalue weighted by atomic mass is 32.3. The minimum atomic E-state index is -4.61. The molecule has 21 heavy (non-hydrogen) atoms. The number of hydrogen-bond acceptors (Lipinski definition) is 6. The third kappa shape index (κ3) is 3.84. The third-order valence-electron chi connectivity index (χ3n) is 2.58. The van der Waals surface area contributed by atoms with Crippen LogP contribution in [0.3, 0.4) is 0 Å². The van der Waals surface area contributed by atoms with Crippen LogP contribution in [0.5, 0.6) is 0 Å². The monoisotopic (exact) mass is 326 g/mol. The van der Waals surface area contributed by atoms with E-state index in [-0.39, 0.29) is 5.43 Å². The van der Waals surface area contributed by atoms with Crippen LogP contribution in [-0.2, 0) is 14.7 Å². The molecule has 0 saturated carbocycles. The molecule has 0 saturated heterocycles. The Morgan fingerprint density at radius 3 is 1.67 bits per heavy atom. The minimum absolute atomic E-state index is 0.139. The number of benzene rings is 2. The summed E-state index contributed by atoms with van der Waals surface area (Å²) >= 11 is 1.67. The Hall–Kier alpha value is -1.84. The Kier molecular flexibility index (Phi) is 4.66. The molecule has 8 heteroatoms. The molecular weight excluding hydrogens is 316 g/mol. The fourth-order valence-corrected chi connectivity index (χ4v) is 2.82. The average molecular weight is 326 g/mol. The van der Waals surface area contributed by atoms with Crippen molar-refractivity contribution in [2.75, 3.05) is 0 Å². The van der Waals surface area contributed by atoms with Gasteiger partial charge in [-0.25, -0.2) is 5.26 Å². The van der Waals surface area contributed by atoms with Crippen LogP contribution in [-0.4, -0.2) is 18.2 Å². The van der Waals surface area contributed by atoms with Crippen molar-refractivity contribution in [2.24, 2.45) is 0 Å². The zero-order valence-corrected chi connectivity index (χ0v) is 12.1. The van der Waals surface area contributed by atoms with Crippen LogP contribution >= 0.6 is 11.3 Å². The maximum atomic E-state index is 12.1. The molecule has 6 nitrogen and oxygen atoms in total. The van der Waals surface area contributed by atoms with E-state index in [1.54, 1.807) is 11.3 Å². The van der Waals surface area contributed by atoms with E-state index in [4.69, 9.17) is 18.2 Å². The van der Waals surface area contributed by atoms with Crippen molar-refractivity contribution in [1.29, 1.82) is 0 Å². The van der Waals surface area contributed by atoms with E-state index < -0.39 is 10.4 Å². The second-order valence-corrected chi connectivity index (χ2v) is 6.01. The van der Waals surface area contributed by atoms with E-state index >= 15 is 0 Å². The van der Waals surface area contributed by atoms with Crippen molar-refractivity contribution in [3.05, 3.63) is 58.8 Å². The first-order valence-corrected chi connectivity index (χ1v) is 7.81. The van der Waals surface area contributed by atoms with Crippen LogP contribution in [0.15, 0.2) is 53.3 Å². The average Bonchev–Trinajstić information content (AvgIpc) is 2.48. The predicted molar refractivity (Wildman–Crippen MR) is 80.9 cm³/mol. The Bertz CT molecular complexity index is 873. The van der Waals surface area contributed by atoms with E-state index in [9.17, 15) is 4.79 Å². The molecular formula is C13H10O6S2. The van der Waals surface area contributed by atoms with Crippen LogP contribution in [0, 0.1) is 0 Å². The van der Waals surface area contributed by atoms with Crippen LogP contribution < -0.4 is 5.43 Å². The van der Waals surface area contributed by atoms with Crippen molar-refractivity contribution in [1.82, 2.24) is 0 Å². The van der Waals surface area contributed by atoms with Gasteiger partial charge in [-0.15, -0.1) is 11.3 Å². The zero-order valence-electron chi connectivity index (χ0n) is 10.5. The Labute approximate surface area is 123 Å². The molecule has 3 rings (SSSR count). The van der Waals surface area contributed by atoms with Gasteiger partial charge in [-0.2, -0.15) is 8.42 Å². The molecule has 1 heterocycles. The summed E-state index contributed by atoms with van der Waals surface area (Å²) in [5.41, 5.74) is 0.139. The molecule has 2 aromatic carbocycles. The summed E-state index contributed by atoms with van der Waals surface area (Å²) in [4.78, 5) is 12.1. The van der Waals surface area contributed by atoms with Crippen molar-refractivity contribution >= 4 is 41.9 Å². The lowest BCUT2D eigenvalue weighted by Gasteiger charge is -1.99. The van der Waals surface area contributed by atoms with Crippen LogP contribution in [0.25, 0.3) is 20.2 Å². The Balaban J connectivity index is 0.000000232. The quantitative estimate of drug-likeness (QED) is 0.308. The van der Waals surface area contributed by atoms with E-state index in [0.717, 1.165) is 20.2 Å². The first-order valence-electron chi connectivity index (χ1n) is 5.63. The topological polar surface area (TPSA) is 101 Å². The van der Waals surface area contributed by atoms with Gasteiger partial charge in [-0.1, -0.05) is 28.6 Å². The first-order chi connectivity index (χ1) is 9.92. The molecule has 0 aliphatic heterocycles. The number of fused-ring (bicyclic) bond motifs is 2. The maximum Gasteiger partial charge on any atom is 0.423 e. The van der Waals surface area contributed by atoms with Gasteiger partial charge >= 0.3 is 10.4 Å². The standard InChI is InChI=1S/C13H8OS.H2O5S/c14-13-9-5-1-3-7-11(9)15-12-8-4-2-6-10(12)13;1-5-6(2,3)4/h1-8H;1H,(H,2,3,4). The lowest BCUT2D eigenvalue weighted by Crippen LogP contribution is -1.99. The van der Waals surface area contributed by atoms with E-state index in [1.165, 1.54) is 0 Å². The summed E-state index contributed by atoms with van der Waals surface area (Å²) in [7, 11) is -4.61. The molecule has 0 atom stereocenters. The zero-order chi connectivity index (χ0) is 15.5. The van der Waals surface area contributed by atoms with Crippen molar-refractivity contribution in [3.8, 4) is 0 Å². The smallest absolute Gasteiger partial charge is 0.289 e. The SMILES string of the molecule is O=S(=O)(O)OO.O=c1c2ccccc2sc2ccccc12. The van der Waals surface area contributed by atoms with E-state index in [0.29, 0.717) is 0 Å². The van der Waals surface area contributed by atoms with Gasteiger partial charge in [-0.05, 0) is 24.3 Å². The molecule has 0 amide bonds. The molecule has 3 aromatic rings. The molecule has 0 aliphatic rings. The summed E-state index contributed by atoms with van der Waals surface area (Å²) in [6, 6.07) is 15.5. The van der Waals surface area contributed by atoms with Crippen LogP contribution in [0.1, 0.15) is 0 Å². The lowest BCUT2D eigenvalue weighted by atomic mass is 10.2. The van der Waals surface area contributed by atoms with Gasteiger partial charge in [0.2, 0.25) is 0 Å². The summed E-state index contributed by atoms with van der Waals surface area (Å²) < 4.78 is 30.1. The largest absolute Gasteiger partial charge is 0.423 e. The van der Waals surface area contributed by atoms with Gasteiger partial charge in [0.15, 0.2) is 5.43 Å². The van der Waals surface area contributed by atoms with Crippen molar-refractivity contribution in [3.63, 3.8) is 0 Å². The van der Waals surface area contributed by atoms with Gasteiger partial charge in [0.1, 0.15) is 0 Å². The minimum Gasteiger partial charge on any atom is -0.289 e. The summed E-state index contributed by atoms with van der Waals surface area (Å²) in [5, 5.41) is 8.71. The highest BCUT2D eigenvalue weighted by molar-refractivity contribution is 7.80. The summed E-state index contributed by atoms with van der Waals surface area (Å²) in [5.74, 6) is 0. The second-order valence-electron chi connectivity index (χ2n) is 3.93. The first kappa shape index (κ1) is 15.5. The summed E-state index contributed by atoms with van der Waals surface area (Å²) in [6.45, 7) is 0. The summed E-state index contributed by atoms with van der Waals surface area (Å²) in [6.07, 6.45) is 0. The Morgan fingerprint density at radius 2 is 1.29 bits per heavy atom. The molecule has 0 spiro atoms. The lowest BCUT2D eigenvalue weighted by molar-refractivity contribution is -0.139. The van der Waals surface area contributed by atoms with Gasteiger partial charge in [0.25, 0.3) is 0 Å². The molecule has 0 unspecified atom stereocenters. The fraction of sp³-hybridized carbons (Fsp3) is 0. The van der Waals surface area contributed by atoms with Crippen molar-refractivity contribution < 1.29 is 22.6 Å². The molecule has 110 valence electrons. The number of hydrogen-bond donors (Lipinski definition) is 2. The number of rotatable bonds is 1. The molecule has 1 aromatic heterocycles. The molecule has 0 bridgehead atoms. The highest BCUT2D eigenvalue weighted by Crippen LogP contribution is 2.23. The maximum absolute atomic E-state index is 12.1. The van der Waals surface area contributed by atoms with E-state index in [2.05, 4.69) is 4.33 Å². The van der Waals surface area contributed by atoms with Crippen molar-refractivity contribution in [2.45, 2.75) is 0 Å². The van der Waals surface area contributed by atoms with Gasteiger partial charge in [-0.3, -0.25) is 9.35 Å².